The number of ether oxygens (including phenoxy) is 1. The number of aryl methyl sites for hydroxylation is 1. The summed E-state index contributed by atoms with van der Waals surface area (Å²) in [5, 5.41) is 11.8. The molecule has 0 N–H and O–H groups in total. The van der Waals surface area contributed by atoms with E-state index < -0.39 is 11.6 Å². The van der Waals surface area contributed by atoms with Crippen LogP contribution in [0.1, 0.15) is 63.1 Å². The van der Waals surface area contributed by atoms with Crippen molar-refractivity contribution in [2.24, 2.45) is 0 Å². The summed E-state index contributed by atoms with van der Waals surface area (Å²) < 4.78 is 5.84. The van der Waals surface area contributed by atoms with Crippen LogP contribution in [0, 0.1) is 0 Å². The van der Waals surface area contributed by atoms with Gasteiger partial charge in [0.1, 0.15) is 11.4 Å². The topological polar surface area (TPSA) is 49.4 Å². The molecule has 2 aromatic rings. The van der Waals surface area contributed by atoms with Crippen LogP contribution >= 0.6 is 0 Å². The first-order chi connectivity index (χ1) is 12.3. The second-order valence-corrected chi connectivity index (χ2v) is 7.44. The Labute approximate surface area is 185 Å². The van der Waals surface area contributed by atoms with E-state index in [0.717, 1.165) is 24.8 Å². The SMILES string of the molecule is CCCCc1ccc(CC(C)(Oc2ccc(C(C)C)cc2)C(=O)[O-])cc1.[Na+]. The van der Waals surface area contributed by atoms with Crippen molar-refractivity contribution in [1.29, 1.82) is 0 Å². The molecule has 0 saturated carbocycles. The van der Waals surface area contributed by atoms with Crippen LogP contribution in [0.3, 0.4) is 0 Å². The summed E-state index contributed by atoms with van der Waals surface area (Å²) in [4.78, 5) is 11.8. The van der Waals surface area contributed by atoms with E-state index >= 15 is 0 Å². The zero-order chi connectivity index (χ0) is 19.2. The van der Waals surface area contributed by atoms with Gasteiger partial charge in [-0.25, -0.2) is 0 Å². The Hall–Kier alpha value is -1.29. The van der Waals surface area contributed by atoms with E-state index in [0.29, 0.717) is 11.7 Å². The molecule has 0 radical (unpaired) electrons. The third-order valence-electron chi connectivity index (χ3n) is 4.71. The van der Waals surface area contributed by atoms with Gasteiger partial charge in [0.25, 0.3) is 0 Å². The Balaban J connectivity index is 0.00000364. The quantitative estimate of drug-likeness (QED) is 0.620. The minimum Gasteiger partial charge on any atom is -0.546 e. The van der Waals surface area contributed by atoms with Crippen molar-refractivity contribution in [3.8, 4) is 5.75 Å². The van der Waals surface area contributed by atoms with E-state index in [4.69, 9.17) is 4.74 Å². The fraction of sp³-hybridized carbons (Fsp3) is 0.435. The number of rotatable bonds is 9. The van der Waals surface area contributed by atoms with Gasteiger partial charge in [-0.1, -0.05) is 63.6 Å². The summed E-state index contributed by atoms with van der Waals surface area (Å²) in [5.74, 6) is -0.246. The normalized spacial score (nSPS) is 12.9. The third-order valence-corrected chi connectivity index (χ3v) is 4.71. The number of carbonyl (C=O) groups excluding carboxylic acids is 1. The van der Waals surface area contributed by atoms with Crippen molar-refractivity contribution in [2.75, 3.05) is 0 Å². The van der Waals surface area contributed by atoms with Crippen molar-refractivity contribution >= 4 is 5.97 Å². The van der Waals surface area contributed by atoms with E-state index in [2.05, 4.69) is 32.9 Å². The maximum Gasteiger partial charge on any atom is 1.00 e. The molecule has 0 amide bonds. The molecule has 2 rings (SSSR count). The molecule has 0 aliphatic carbocycles. The van der Waals surface area contributed by atoms with Crippen molar-refractivity contribution in [1.82, 2.24) is 0 Å². The molecule has 3 nitrogen and oxygen atoms in total. The van der Waals surface area contributed by atoms with Gasteiger partial charge in [-0.2, -0.15) is 0 Å². The zero-order valence-corrected chi connectivity index (χ0v) is 19.2. The van der Waals surface area contributed by atoms with E-state index in [1.807, 2.05) is 36.4 Å². The Morgan fingerprint density at radius 2 is 1.59 bits per heavy atom. The second kappa shape index (κ2) is 10.9. The summed E-state index contributed by atoms with van der Waals surface area (Å²) in [6.45, 7) is 7.98. The monoisotopic (exact) mass is 376 g/mol. The van der Waals surface area contributed by atoms with Crippen molar-refractivity contribution in [3.63, 3.8) is 0 Å². The first-order valence-electron chi connectivity index (χ1n) is 9.42. The molecule has 0 fully saturated rings. The maximum atomic E-state index is 11.8. The largest absolute Gasteiger partial charge is 1.00 e. The van der Waals surface area contributed by atoms with Gasteiger partial charge in [0.2, 0.25) is 0 Å². The summed E-state index contributed by atoms with van der Waals surface area (Å²) in [7, 11) is 0. The molecule has 0 aliphatic rings. The van der Waals surface area contributed by atoms with Crippen LogP contribution in [0.25, 0.3) is 0 Å². The summed E-state index contributed by atoms with van der Waals surface area (Å²) in [6.07, 6.45) is 3.63. The molecule has 4 heteroatoms. The molecule has 0 aromatic heterocycles. The zero-order valence-electron chi connectivity index (χ0n) is 17.2. The average molecular weight is 376 g/mol. The van der Waals surface area contributed by atoms with Gasteiger partial charge in [0.05, 0.1) is 5.97 Å². The van der Waals surface area contributed by atoms with Gasteiger partial charge in [-0.05, 0) is 54.5 Å². The van der Waals surface area contributed by atoms with Crippen LogP contribution in [0.5, 0.6) is 5.75 Å². The van der Waals surface area contributed by atoms with Gasteiger partial charge in [-0.15, -0.1) is 0 Å². The maximum absolute atomic E-state index is 11.8. The number of benzene rings is 2. The fourth-order valence-corrected chi connectivity index (χ4v) is 2.93. The molecule has 0 bridgehead atoms. The fourth-order valence-electron chi connectivity index (χ4n) is 2.93. The predicted molar refractivity (Wildman–Crippen MR) is 103 cm³/mol. The van der Waals surface area contributed by atoms with Crippen LogP contribution in [-0.2, 0) is 17.6 Å². The van der Waals surface area contributed by atoms with Crippen LogP contribution < -0.4 is 39.4 Å². The number of hydrogen-bond donors (Lipinski definition) is 0. The molecular weight excluding hydrogens is 347 g/mol. The Kier molecular flexibility index (Phi) is 9.58. The molecular formula is C23H29NaO3. The minimum absolute atomic E-state index is 0. The van der Waals surface area contributed by atoms with Crippen molar-refractivity contribution in [2.45, 2.75) is 64.9 Å². The number of carboxylic acid groups (broad SMARTS) is 1. The van der Waals surface area contributed by atoms with Crippen LogP contribution in [0.4, 0.5) is 0 Å². The van der Waals surface area contributed by atoms with Gasteiger partial charge in [0.15, 0.2) is 0 Å². The molecule has 0 aliphatic heterocycles. The third kappa shape index (κ3) is 6.99. The van der Waals surface area contributed by atoms with E-state index in [1.165, 1.54) is 11.1 Å². The molecule has 1 unspecified atom stereocenters. The smallest absolute Gasteiger partial charge is 0.546 e. The van der Waals surface area contributed by atoms with Gasteiger partial charge in [-0.3, -0.25) is 0 Å². The Bertz CT molecular complexity index is 707. The number of carboxylic acids is 1. The van der Waals surface area contributed by atoms with Crippen molar-refractivity contribution in [3.05, 3.63) is 65.2 Å². The summed E-state index contributed by atoms with van der Waals surface area (Å²) >= 11 is 0. The van der Waals surface area contributed by atoms with Crippen LogP contribution in [-0.4, -0.2) is 11.6 Å². The minimum atomic E-state index is -1.41. The predicted octanol–water partition coefficient (Wildman–Crippen LogP) is 1.29. The number of carbonyl (C=O) groups is 1. The van der Waals surface area contributed by atoms with E-state index in [9.17, 15) is 9.90 Å². The number of aliphatic carboxylic acids is 1. The number of hydrogen-bond acceptors (Lipinski definition) is 3. The van der Waals surface area contributed by atoms with E-state index in [1.54, 1.807) is 6.92 Å². The molecule has 2 aromatic carbocycles. The molecule has 0 heterocycles. The molecule has 140 valence electrons. The molecule has 0 saturated heterocycles. The van der Waals surface area contributed by atoms with Crippen LogP contribution in [0.2, 0.25) is 0 Å². The average Bonchev–Trinajstić information content (AvgIpc) is 2.61. The molecule has 0 spiro atoms. The first-order valence-corrected chi connectivity index (χ1v) is 9.42. The van der Waals surface area contributed by atoms with Gasteiger partial charge < -0.3 is 14.6 Å². The summed E-state index contributed by atoms with van der Waals surface area (Å²) in [6, 6.07) is 15.7. The van der Waals surface area contributed by atoms with Crippen molar-refractivity contribution < 1.29 is 44.2 Å². The van der Waals surface area contributed by atoms with Gasteiger partial charge >= 0.3 is 29.6 Å². The Morgan fingerprint density at radius 3 is 2.07 bits per heavy atom. The second-order valence-electron chi connectivity index (χ2n) is 7.44. The number of unbranched alkanes of at least 4 members (excludes halogenated alkanes) is 1. The van der Waals surface area contributed by atoms with Gasteiger partial charge in [0, 0.05) is 6.42 Å². The first kappa shape index (κ1) is 23.7. The Morgan fingerprint density at radius 1 is 1.04 bits per heavy atom. The summed E-state index contributed by atoms with van der Waals surface area (Å²) in [5.41, 5.74) is 1.98. The molecule has 27 heavy (non-hydrogen) atoms. The standard InChI is InChI=1S/C23H30O3.Na/c1-5-6-7-18-8-10-19(11-9-18)16-23(4,22(24)25)26-21-14-12-20(13-15-21)17(2)3;/h8-15,17H,5-7,16H2,1-4H3,(H,24,25);/q;+1/p-1. The molecule has 1 atom stereocenters. The van der Waals surface area contributed by atoms with E-state index in [-0.39, 0.29) is 36.0 Å². The van der Waals surface area contributed by atoms with Crippen LogP contribution in [0.15, 0.2) is 48.5 Å².